The average Bonchev–Trinajstić information content (AvgIpc) is 2.38. The van der Waals surface area contributed by atoms with E-state index < -0.39 is 17.9 Å². The highest BCUT2D eigenvalue weighted by Gasteiger charge is 2.34. The van der Waals surface area contributed by atoms with Gasteiger partial charge in [0, 0.05) is 18.7 Å². The fraction of sp³-hybridized carbons (Fsp3) is 0.462. The van der Waals surface area contributed by atoms with Gasteiger partial charge >= 0.3 is 6.18 Å². The zero-order chi connectivity index (χ0) is 14.0. The third kappa shape index (κ3) is 3.26. The molecule has 0 saturated carbocycles. The second-order valence-electron chi connectivity index (χ2n) is 4.54. The molecule has 0 fully saturated rings. The smallest absolute Gasteiger partial charge is 0.387 e. The van der Waals surface area contributed by atoms with E-state index in [-0.39, 0.29) is 13.0 Å². The molecule has 0 aliphatic carbocycles. The van der Waals surface area contributed by atoms with E-state index in [1.165, 1.54) is 6.08 Å². The fourth-order valence-corrected chi connectivity index (χ4v) is 1.99. The summed E-state index contributed by atoms with van der Waals surface area (Å²) < 4.78 is 37.5. The maximum Gasteiger partial charge on any atom is 0.412 e. The number of rotatable bonds is 2. The van der Waals surface area contributed by atoms with E-state index in [0.29, 0.717) is 12.2 Å². The molecule has 1 atom stereocenters. The van der Waals surface area contributed by atoms with Crippen molar-refractivity contribution in [1.82, 2.24) is 4.98 Å². The van der Waals surface area contributed by atoms with Gasteiger partial charge in [-0.1, -0.05) is 6.08 Å². The van der Waals surface area contributed by atoms with Gasteiger partial charge in [0.05, 0.1) is 23.7 Å². The highest BCUT2D eigenvalue weighted by Crippen LogP contribution is 2.31. The normalized spacial score (nSPS) is 18.2. The fourth-order valence-electron chi connectivity index (χ4n) is 1.99. The van der Waals surface area contributed by atoms with E-state index in [9.17, 15) is 18.3 Å². The van der Waals surface area contributed by atoms with Crippen molar-refractivity contribution >= 4 is 5.69 Å². The Morgan fingerprint density at radius 3 is 2.53 bits per heavy atom. The molecule has 0 amide bonds. The van der Waals surface area contributed by atoms with Crippen LogP contribution in [-0.4, -0.2) is 29.4 Å². The standard InChI is InChI=1S/C13H15F3N2O/c1-9(19)12-3-2-11(8-17-12)18-6-4-10(5-7-18)13(14,15)16/h2-4,8-9,19H,5-7H2,1H3/t9-/m0/s1. The van der Waals surface area contributed by atoms with E-state index in [2.05, 4.69) is 4.98 Å². The Morgan fingerprint density at radius 2 is 2.11 bits per heavy atom. The van der Waals surface area contributed by atoms with Gasteiger partial charge in [-0.05, 0) is 25.5 Å². The Kier molecular flexibility index (Phi) is 3.80. The molecule has 0 unspecified atom stereocenters. The number of hydrogen-bond acceptors (Lipinski definition) is 3. The molecule has 1 N–H and O–H groups in total. The van der Waals surface area contributed by atoms with Crippen molar-refractivity contribution in [3.8, 4) is 0 Å². The Morgan fingerprint density at radius 1 is 1.37 bits per heavy atom. The zero-order valence-electron chi connectivity index (χ0n) is 10.5. The molecule has 0 spiro atoms. The summed E-state index contributed by atoms with van der Waals surface area (Å²) in [6.45, 7) is 2.16. The van der Waals surface area contributed by atoms with Gasteiger partial charge in [0.15, 0.2) is 0 Å². The van der Waals surface area contributed by atoms with Crippen molar-refractivity contribution < 1.29 is 18.3 Å². The lowest BCUT2D eigenvalue weighted by atomic mass is 10.1. The molecule has 2 heterocycles. The third-order valence-electron chi connectivity index (χ3n) is 3.14. The maximum atomic E-state index is 12.5. The first-order valence-electron chi connectivity index (χ1n) is 6.03. The van der Waals surface area contributed by atoms with Crippen LogP contribution in [0.3, 0.4) is 0 Å². The van der Waals surface area contributed by atoms with Crippen molar-refractivity contribution in [1.29, 1.82) is 0 Å². The molecule has 2 rings (SSSR count). The molecular weight excluding hydrogens is 257 g/mol. The summed E-state index contributed by atoms with van der Waals surface area (Å²) in [5.41, 5.74) is 0.853. The van der Waals surface area contributed by atoms with Crippen LogP contribution in [0.4, 0.5) is 18.9 Å². The Balaban J connectivity index is 2.07. The number of alkyl halides is 3. The molecule has 0 radical (unpaired) electrons. The highest BCUT2D eigenvalue weighted by atomic mass is 19.4. The minimum Gasteiger partial charge on any atom is -0.387 e. The monoisotopic (exact) mass is 272 g/mol. The minimum absolute atomic E-state index is 0.0122. The molecule has 1 aromatic rings. The van der Waals surface area contributed by atoms with Crippen LogP contribution >= 0.6 is 0 Å². The van der Waals surface area contributed by atoms with E-state index >= 15 is 0 Å². The van der Waals surface area contributed by atoms with E-state index in [4.69, 9.17) is 0 Å². The second kappa shape index (κ2) is 5.21. The van der Waals surface area contributed by atoms with Crippen LogP contribution in [0.15, 0.2) is 30.0 Å². The van der Waals surface area contributed by atoms with Crippen molar-refractivity contribution in [3.63, 3.8) is 0 Å². The summed E-state index contributed by atoms with van der Waals surface area (Å²) in [4.78, 5) is 5.91. The molecule has 1 aliphatic heterocycles. The third-order valence-corrected chi connectivity index (χ3v) is 3.14. The highest BCUT2D eigenvalue weighted by molar-refractivity contribution is 5.47. The number of anilines is 1. The molecule has 0 aromatic carbocycles. The van der Waals surface area contributed by atoms with Gasteiger partial charge in [0.25, 0.3) is 0 Å². The first kappa shape index (κ1) is 13.9. The van der Waals surface area contributed by atoms with Crippen LogP contribution in [-0.2, 0) is 0 Å². The Labute approximate surface area is 109 Å². The number of halogens is 3. The van der Waals surface area contributed by atoms with Crippen molar-refractivity contribution in [2.45, 2.75) is 25.6 Å². The van der Waals surface area contributed by atoms with Crippen molar-refractivity contribution in [2.75, 3.05) is 18.0 Å². The summed E-state index contributed by atoms with van der Waals surface area (Å²) in [6, 6.07) is 3.45. The predicted octanol–water partition coefficient (Wildman–Crippen LogP) is 2.83. The molecule has 6 heteroatoms. The first-order valence-corrected chi connectivity index (χ1v) is 6.03. The van der Waals surface area contributed by atoms with Gasteiger partial charge < -0.3 is 10.0 Å². The van der Waals surface area contributed by atoms with Crippen molar-refractivity contribution in [2.24, 2.45) is 0 Å². The number of aliphatic hydroxyl groups is 1. The Bertz CT molecular complexity index is 466. The van der Waals surface area contributed by atoms with Crippen molar-refractivity contribution in [3.05, 3.63) is 35.7 Å². The molecule has 0 saturated heterocycles. The first-order chi connectivity index (χ1) is 8.88. The topological polar surface area (TPSA) is 36.4 Å². The summed E-state index contributed by atoms with van der Waals surface area (Å²) in [7, 11) is 0. The SMILES string of the molecule is C[C@H](O)c1ccc(N2CC=C(C(F)(F)F)CC2)cn1. The largest absolute Gasteiger partial charge is 0.412 e. The quantitative estimate of drug-likeness (QED) is 0.841. The van der Waals surface area contributed by atoms with Gasteiger partial charge in [0.2, 0.25) is 0 Å². The number of nitrogens with zero attached hydrogens (tertiary/aromatic N) is 2. The van der Waals surface area contributed by atoms with Gasteiger partial charge in [-0.3, -0.25) is 4.98 Å². The lowest BCUT2D eigenvalue weighted by Crippen LogP contribution is -2.31. The summed E-state index contributed by atoms with van der Waals surface area (Å²) in [5.74, 6) is 0. The second-order valence-corrected chi connectivity index (χ2v) is 4.54. The molecular formula is C13H15F3N2O. The Hall–Kier alpha value is -1.56. The van der Waals surface area contributed by atoms with E-state index in [0.717, 1.165) is 5.69 Å². The lowest BCUT2D eigenvalue weighted by Gasteiger charge is -2.29. The van der Waals surface area contributed by atoms with Gasteiger partial charge in [-0.15, -0.1) is 0 Å². The van der Waals surface area contributed by atoms with Gasteiger partial charge in [-0.2, -0.15) is 13.2 Å². The molecule has 1 aromatic heterocycles. The van der Waals surface area contributed by atoms with E-state index in [1.807, 2.05) is 4.90 Å². The maximum absolute atomic E-state index is 12.5. The van der Waals surface area contributed by atoms with Crippen LogP contribution in [0, 0.1) is 0 Å². The number of pyridine rings is 1. The lowest BCUT2D eigenvalue weighted by molar-refractivity contribution is -0.0943. The minimum atomic E-state index is -4.22. The number of aliphatic hydroxyl groups excluding tert-OH is 1. The van der Waals surface area contributed by atoms with Crippen LogP contribution in [0.5, 0.6) is 0 Å². The van der Waals surface area contributed by atoms with Crippen LogP contribution in [0.2, 0.25) is 0 Å². The zero-order valence-corrected chi connectivity index (χ0v) is 10.5. The average molecular weight is 272 g/mol. The number of aromatic nitrogens is 1. The summed E-state index contributed by atoms with van der Waals surface area (Å²) >= 11 is 0. The summed E-state index contributed by atoms with van der Waals surface area (Å²) in [6.07, 6.45) is -2.09. The molecule has 0 bridgehead atoms. The summed E-state index contributed by atoms with van der Waals surface area (Å²) in [5, 5.41) is 9.34. The molecule has 1 aliphatic rings. The van der Waals surface area contributed by atoms with Crippen LogP contribution < -0.4 is 4.90 Å². The van der Waals surface area contributed by atoms with E-state index in [1.54, 1.807) is 25.3 Å². The van der Waals surface area contributed by atoms with Gasteiger partial charge in [-0.25, -0.2) is 0 Å². The molecule has 3 nitrogen and oxygen atoms in total. The van der Waals surface area contributed by atoms with Gasteiger partial charge in [0.1, 0.15) is 0 Å². The van der Waals surface area contributed by atoms with Crippen LogP contribution in [0.1, 0.15) is 25.1 Å². The molecule has 19 heavy (non-hydrogen) atoms. The molecule has 104 valence electrons. The number of hydrogen-bond donors (Lipinski definition) is 1. The van der Waals surface area contributed by atoms with Crippen LogP contribution in [0.25, 0.3) is 0 Å². The predicted molar refractivity (Wildman–Crippen MR) is 65.8 cm³/mol.